The highest BCUT2D eigenvalue weighted by atomic mass is 16.6. The Morgan fingerprint density at radius 2 is 1.94 bits per heavy atom. The lowest BCUT2D eigenvalue weighted by Gasteiger charge is -2.30. The van der Waals surface area contributed by atoms with Gasteiger partial charge in [-0.3, -0.25) is 9.59 Å². The van der Waals surface area contributed by atoms with Gasteiger partial charge in [-0.1, -0.05) is 25.0 Å². The Kier molecular flexibility index (Phi) is 7.15. The predicted molar refractivity (Wildman–Crippen MR) is 117 cm³/mol. The first-order valence-corrected chi connectivity index (χ1v) is 11.6. The third kappa shape index (κ3) is 5.61. The Morgan fingerprint density at radius 3 is 2.62 bits per heavy atom. The summed E-state index contributed by atoms with van der Waals surface area (Å²) in [6.07, 6.45) is 8.43. The van der Waals surface area contributed by atoms with Gasteiger partial charge in [0, 0.05) is 12.5 Å². The third-order valence-electron chi connectivity index (χ3n) is 6.30. The smallest absolute Gasteiger partial charge is 0.408 e. The second-order valence-corrected chi connectivity index (χ2v) is 10.0. The maximum absolute atomic E-state index is 13.4. The van der Waals surface area contributed by atoms with Gasteiger partial charge in [-0.15, -0.1) is 0 Å². The van der Waals surface area contributed by atoms with E-state index in [0.29, 0.717) is 32.2 Å². The van der Waals surface area contributed by atoms with Crippen LogP contribution in [0.3, 0.4) is 0 Å². The molecule has 1 saturated carbocycles. The number of carbonyl (C=O) groups excluding carboxylic acids is 3. The summed E-state index contributed by atoms with van der Waals surface area (Å²) in [6.45, 7) is 5.65. The zero-order valence-electron chi connectivity index (χ0n) is 19.2. The molecule has 178 valence electrons. The number of carbonyl (C=O) groups is 4. The van der Waals surface area contributed by atoms with Gasteiger partial charge in [0.15, 0.2) is 0 Å². The van der Waals surface area contributed by atoms with Crippen molar-refractivity contribution in [2.24, 2.45) is 5.92 Å². The Hall–Kier alpha value is -2.58. The summed E-state index contributed by atoms with van der Waals surface area (Å²) in [5.41, 5.74) is -1.99. The van der Waals surface area contributed by atoms with Crippen LogP contribution in [0.1, 0.15) is 72.1 Å². The summed E-state index contributed by atoms with van der Waals surface area (Å²) < 4.78 is 5.33. The van der Waals surface area contributed by atoms with Crippen molar-refractivity contribution in [3.05, 3.63) is 12.2 Å². The minimum Gasteiger partial charge on any atom is -0.479 e. The van der Waals surface area contributed by atoms with Crippen molar-refractivity contribution in [2.45, 2.75) is 95.4 Å². The topological polar surface area (TPSA) is 125 Å². The number of nitrogens with zero attached hydrogens (tertiary/aromatic N) is 1. The molecule has 1 aliphatic carbocycles. The van der Waals surface area contributed by atoms with Gasteiger partial charge in [0.2, 0.25) is 11.8 Å². The molecule has 0 unspecified atom stereocenters. The van der Waals surface area contributed by atoms with Gasteiger partial charge in [0.1, 0.15) is 23.2 Å². The Morgan fingerprint density at radius 1 is 1.19 bits per heavy atom. The van der Waals surface area contributed by atoms with Crippen LogP contribution in [0.25, 0.3) is 0 Å². The van der Waals surface area contributed by atoms with E-state index in [0.717, 1.165) is 25.7 Å². The first-order valence-electron chi connectivity index (χ1n) is 11.6. The Balaban J connectivity index is 1.79. The van der Waals surface area contributed by atoms with Gasteiger partial charge < -0.3 is 25.4 Å². The Labute approximate surface area is 188 Å². The fourth-order valence-electron chi connectivity index (χ4n) is 4.52. The highest BCUT2D eigenvalue weighted by Crippen LogP contribution is 2.45. The second kappa shape index (κ2) is 9.50. The van der Waals surface area contributed by atoms with E-state index in [1.165, 1.54) is 4.90 Å². The standard InChI is InChI=1S/C23H35N3O6/c1-22(2,3)32-21(31)24-16-11-8-6-4-5-7-10-15-14-23(15,20(29)30)25-18(27)17-12-9-13-26(17)19(16)28/h7,10,15-17H,4-6,8-9,11-14H2,1-3H3,(H,24,31)(H,25,27)(H,29,30)/b10-7-/t15-,16-,17-,23+/m0/s1. The summed E-state index contributed by atoms with van der Waals surface area (Å²) in [4.78, 5) is 52.2. The maximum atomic E-state index is 13.4. The molecular formula is C23H35N3O6. The monoisotopic (exact) mass is 449 g/mol. The summed E-state index contributed by atoms with van der Waals surface area (Å²) in [5.74, 6) is -2.05. The normalized spacial score (nSPS) is 32.5. The van der Waals surface area contributed by atoms with E-state index >= 15 is 0 Å². The van der Waals surface area contributed by atoms with Crippen LogP contribution in [0.4, 0.5) is 4.79 Å². The molecule has 2 heterocycles. The molecule has 9 nitrogen and oxygen atoms in total. The second-order valence-electron chi connectivity index (χ2n) is 10.0. The summed E-state index contributed by atoms with van der Waals surface area (Å²) in [6, 6.07) is -1.53. The summed E-state index contributed by atoms with van der Waals surface area (Å²) >= 11 is 0. The average molecular weight is 450 g/mol. The van der Waals surface area contributed by atoms with Gasteiger partial charge >= 0.3 is 12.1 Å². The van der Waals surface area contributed by atoms with E-state index in [-0.39, 0.29) is 11.8 Å². The van der Waals surface area contributed by atoms with Crippen molar-refractivity contribution in [3.63, 3.8) is 0 Å². The molecule has 32 heavy (non-hydrogen) atoms. The minimum atomic E-state index is -1.29. The Bertz CT molecular complexity index is 789. The number of nitrogens with one attached hydrogen (secondary N) is 2. The van der Waals surface area contributed by atoms with Crippen molar-refractivity contribution in [3.8, 4) is 0 Å². The molecule has 9 heteroatoms. The molecule has 2 aliphatic heterocycles. The zero-order chi connectivity index (χ0) is 23.5. The van der Waals surface area contributed by atoms with Crippen molar-refractivity contribution < 1.29 is 29.0 Å². The van der Waals surface area contributed by atoms with Crippen LogP contribution in [0.2, 0.25) is 0 Å². The number of rotatable bonds is 2. The number of alkyl carbamates (subject to hydrolysis) is 1. The van der Waals surface area contributed by atoms with Crippen molar-refractivity contribution >= 4 is 23.9 Å². The summed E-state index contributed by atoms with van der Waals surface area (Å²) in [5, 5.41) is 15.2. The minimum absolute atomic E-state index is 0.235. The number of carboxylic acids is 1. The number of hydrogen-bond acceptors (Lipinski definition) is 5. The maximum Gasteiger partial charge on any atom is 0.408 e. The lowest BCUT2D eigenvalue weighted by Crippen LogP contribution is -2.56. The molecule has 2 fully saturated rings. The predicted octanol–water partition coefficient (Wildman–Crippen LogP) is 2.35. The van der Waals surface area contributed by atoms with Gasteiger partial charge in [0.05, 0.1) is 0 Å². The van der Waals surface area contributed by atoms with Crippen LogP contribution in [0, 0.1) is 5.92 Å². The van der Waals surface area contributed by atoms with E-state index in [1.807, 2.05) is 12.2 Å². The van der Waals surface area contributed by atoms with Crippen molar-refractivity contribution in [1.82, 2.24) is 15.5 Å². The van der Waals surface area contributed by atoms with E-state index < -0.39 is 41.2 Å². The molecule has 3 N–H and O–H groups in total. The van der Waals surface area contributed by atoms with E-state index in [1.54, 1.807) is 20.8 Å². The third-order valence-corrected chi connectivity index (χ3v) is 6.30. The van der Waals surface area contributed by atoms with Crippen LogP contribution >= 0.6 is 0 Å². The molecule has 0 aromatic carbocycles. The number of amides is 3. The molecule has 3 amide bonds. The number of ether oxygens (including phenoxy) is 1. The first kappa shape index (κ1) is 24.1. The number of fused-ring (bicyclic) bond motifs is 2. The van der Waals surface area contributed by atoms with Gasteiger partial charge in [0.25, 0.3) is 0 Å². The molecule has 0 spiro atoms. The van der Waals surface area contributed by atoms with Crippen molar-refractivity contribution in [1.29, 1.82) is 0 Å². The van der Waals surface area contributed by atoms with E-state index in [9.17, 15) is 24.3 Å². The molecule has 0 aromatic heterocycles. The summed E-state index contributed by atoms with van der Waals surface area (Å²) in [7, 11) is 0. The van der Waals surface area contributed by atoms with Crippen LogP contribution in [-0.4, -0.2) is 63.7 Å². The first-order chi connectivity index (χ1) is 15.0. The van der Waals surface area contributed by atoms with Crippen LogP contribution in [0.15, 0.2) is 12.2 Å². The number of carboxylic acid groups (broad SMARTS) is 1. The molecular weight excluding hydrogens is 414 g/mol. The van der Waals surface area contributed by atoms with Gasteiger partial charge in [-0.2, -0.15) is 0 Å². The van der Waals surface area contributed by atoms with Gasteiger partial charge in [-0.25, -0.2) is 9.59 Å². The lowest BCUT2D eigenvalue weighted by molar-refractivity contribution is -0.145. The fourth-order valence-corrected chi connectivity index (χ4v) is 4.52. The van der Waals surface area contributed by atoms with Gasteiger partial charge in [-0.05, 0) is 59.3 Å². The molecule has 0 radical (unpaired) electrons. The molecule has 4 atom stereocenters. The number of hydrogen-bond donors (Lipinski definition) is 3. The van der Waals surface area contributed by atoms with Crippen LogP contribution < -0.4 is 10.6 Å². The van der Waals surface area contributed by atoms with Crippen LogP contribution in [-0.2, 0) is 19.1 Å². The molecule has 0 aromatic rings. The van der Waals surface area contributed by atoms with E-state index in [4.69, 9.17) is 4.74 Å². The van der Waals surface area contributed by atoms with Crippen molar-refractivity contribution in [2.75, 3.05) is 6.54 Å². The SMILES string of the molecule is CC(C)(C)OC(=O)N[C@H]1CCCCC/C=C\[C@H]2C[C@@]2(C(=O)O)NC(=O)[C@@H]2CCCN2C1=O. The molecule has 3 aliphatic rings. The average Bonchev–Trinajstić information content (AvgIpc) is 3.16. The molecule has 3 rings (SSSR count). The number of aliphatic carboxylic acids is 1. The molecule has 0 bridgehead atoms. The number of allylic oxidation sites excluding steroid dienone is 1. The highest BCUT2D eigenvalue weighted by molar-refractivity contribution is 5.96. The van der Waals surface area contributed by atoms with E-state index in [2.05, 4.69) is 10.6 Å². The highest BCUT2D eigenvalue weighted by Gasteiger charge is 2.61. The zero-order valence-corrected chi connectivity index (χ0v) is 19.2. The lowest BCUT2D eigenvalue weighted by atomic mass is 10.0. The quantitative estimate of drug-likeness (QED) is 0.556. The molecule has 1 saturated heterocycles. The largest absolute Gasteiger partial charge is 0.479 e. The van der Waals surface area contributed by atoms with Crippen LogP contribution in [0.5, 0.6) is 0 Å². The fraction of sp³-hybridized carbons (Fsp3) is 0.739.